The molecule has 7 nitrogen and oxygen atoms in total. The summed E-state index contributed by atoms with van der Waals surface area (Å²) in [5.41, 5.74) is 2.20. The Kier molecular flexibility index (Phi) is 9.00. The van der Waals surface area contributed by atoms with Crippen LogP contribution in [0, 0.1) is 5.41 Å². The molecule has 0 saturated carbocycles. The van der Waals surface area contributed by atoms with Crippen LogP contribution in [-0.4, -0.2) is 47.9 Å². The topological polar surface area (TPSA) is 87.2 Å². The molecule has 0 radical (unpaired) electrons. The first-order valence-corrected chi connectivity index (χ1v) is 8.36. The van der Waals surface area contributed by atoms with Crippen LogP contribution in [0.2, 0.25) is 0 Å². The van der Waals surface area contributed by atoms with Crippen molar-refractivity contribution in [1.82, 2.24) is 25.8 Å². The van der Waals surface area contributed by atoms with Crippen LogP contribution in [0.15, 0.2) is 35.6 Å². The fourth-order valence-corrected chi connectivity index (χ4v) is 2.51. The number of nitrogens with one attached hydrogen (secondary N) is 3. The number of nitrogens with zero attached hydrogens (tertiary/aromatic N) is 3. The Labute approximate surface area is 172 Å². The van der Waals surface area contributed by atoms with E-state index in [4.69, 9.17) is 4.74 Å². The second-order valence-electron chi connectivity index (χ2n) is 6.93. The maximum atomic E-state index is 5.57. The minimum atomic E-state index is 0. The number of H-pyrrole nitrogens is 1. The van der Waals surface area contributed by atoms with Crippen molar-refractivity contribution in [3.05, 3.63) is 36.2 Å². The molecule has 0 saturated heterocycles. The summed E-state index contributed by atoms with van der Waals surface area (Å²) in [4.78, 5) is 8.46. The van der Waals surface area contributed by atoms with Crippen molar-refractivity contribution in [1.29, 1.82) is 0 Å². The Morgan fingerprint density at radius 1 is 1.31 bits per heavy atom. The third-order valence-corrected chi connectivity index (χ3v) is 4.00. The predicted octanol–water partition coefficient (Wildman–Crippen LogP) is 2.82. The highest BCUT2D eigenvalue weighted by atomic mass is 127. The SMILES string of the molecule is CN=C(NCc1cccc(-c2ncn[nH]2)c1)NCC(OC)C(C)(C)C.I. The van der Waals surface area contributed by atoms with Crippen molar-refractivity contribution in [2.24, 2.45) is 10.4 Å². The second-order valence-corrected chi connectivity index (χ2v) is 6.93. The molecule has 1 atom stereocenters. The van der Waals surface area contributed by atoms with Crippen LogP contribution < -0.4 is 10.6 Å². The van der Waals surface area contributed by atoms with Gasteiger partial charge in [0.15, 0.2) is 11.8 Å². The number of aromatic nitrogens is 3. The molecule has 0 bridgehead atoms. The van der Waals surface area contributed by atoms with Gasteiger partial charge in [-0.15, -0.1) is 24.0 Å². The lowest BCUT2D eigenvalue weighted by Crippen LogP contribution is -2.45. The van der Waals surface area contributed by atoms with Gasteiger partial charge in [-0.2, -0.15) is 5.10 Å². The number of hydrogen-bond acceptors (Lipinski definition) is 4. The summed E-state index contributed by atoms with van der Waals surface area (Å²) >= 11 is 0. The largest absolute Gasteiger partial charge is 0.379 e. The molecule has 3 N–H and O–H groups in total. The third kappa shape index (κ3) is 6.56. The van der Waals surface area contributed by atoms with Gasteiger partial charge in [-0.3, -0.25) is 10.1 Å². The Bertz CT molecular complexity index is 681. The molecule has 0 aliphatic carbocycles. The van der Waals surface area contributed by atoms with Gasteiger partial charge >= 0.3 is 0 Å². The zero-order valence-corrected chi connectivity index (χ0v) is 18.4. The van der Waals surface area contributed by atoms with Crippen molar-refractivity contribution < 1.29 is 4.74 Å². The monoisotopic (exact) mass is 472 g/mol. The van der Waals surface area contributed by atoms with E-state index in [1.807, 2.05) is 12.1 Å². The maximum absolute atomic E-state index is 5.57. The van der Waals surface area contributed by atoms with Gasteiger partial charge in [-0.25, -0.2) is 4.98 Å². The molecule has 2 aromatic rings. The molecule has 2 rings (SSSR count). The van der Waals surface area contributed by atoms with Gasteiger partial charge in [0.1, 0.15) is 6.33 Å². The van der Waals surface area contributed by atoms with E-state index in [0.29, 0.717) is 13.1 Å². The lowest BCUT2D eigenvalue weighted by atomic mass is 9.89. The summed E-state index contributed by atoms with van der Waals surface area (Å²) in [6.45, 7) is 7.84. The van der Waals surface area contributed by atoms with Crippen molar-refractivity contribution in [3.63, 3.8) is 0 Å². The molecule has 0 amide bonds. The summed E-state index contributed by atoms with van der Waals surface area (Å²) in [6.07, 6.45) is 1.61. The van der Waals surface area contributed by atoms with Crippen molar-refractivity contribution in [2.75, 3.05) is 20.7 Å². The quantitative estimate of drug-likeness (QED) is 0.342. The molecular formula is C18H29IN6O. The van der Waals surface area contributed by atoms with Gasteiger partial charge in [0.2, 0.25) is 0 Å². The molecule has 1 unspecified atom stereocenters. The third-order valence-electron chi connectivity index (χ3n) is 4.00. The van der Waals surface area contributed by atoms with Crippen LogP contribution in [0.5, 0.6) is 0 Å². The van der Waals surface area contributed by atoms with Crippen LogP contribution in [0.25, 0.3) is 11.4 Å². The van der Waals surface area contributed by atoms with Crippen LogP contribution in [0.4, 0.5) is 0 Å². The van der Waals surface area contributed by atoms with Gasteiger partial charge in [0.25, 0.3) is 0 Å². The minimum Gasteiger partial charge on any atom is -0.379 e. The average Bonchev–Trinajstić information content (AvgIpc) is 3.12. The van der Waals surface area contributed by atoms with Crippen LogP contribution in [-0.2, 0) is 11.3 Å². The predicted molar refractivity (Wildman–Crippen MR) is 116 cm³/mol. The van der Waals surface area contributed by atoms with Crippen LogP contribution in [0.1, 0.15) is 26.3 Å². The summed E-state index contributed by atoms with van der Waals surface area (Å²) in [7, 11) is 3.50. The van der Waals surface area contributed by atoms with Crippen molar-refractivity contribution >= 4 is 29.9 Å². The second kappa shape index (κ2) is 10.5. The molecular weight excluding hydrogens is 443 g/mol. The lowest BCUT2D eigenvalue weighted by molar-refractivity contribution is 0.0205. The number of aliphatic imine (C=N–C) groups is 1. The molecule has 1 heterocycles. The van der Waals surface area contributed by atoms with Gasteiger partial charge in [0.05, 0.1) is 6.10 Å². The number of ether oxygens (including phenoxy) is 1. The summed E-state index contributed by atoms with van der Waals surface area (Å²) in [5, 5.41) is 13.4. The van der Waals surface area contributed by atoms with Crippen molar-refractivity contribution in [3.8, 4) is 11.4 Å². The number of rotatable bonds is 6. The van der Waals surface area contributed by atoms with E-state index >= 15 is 0 Å². The molecule has 8 heteroatoms. The molecule has 0 aliphatic rings. The summed E-state index contributed by atoms with van der Waals surface area (Å²) in [5.74, 6) is 1.51. The fourth-order valence-electron chi connectivity index (χ4n) is 2.51. The summed E-state index contributed by atoms with van der Waals surface area (Å²) < 4.78 is 5.57. The van der Waals surface area contributed by atoms with Gasteiger partial charge in [-0.1, -0.05) is 39.0 Å². The fraction of sp³-hybridized carbons (Fsp3) is 0.500. The first kappa shape index (κ1) is 22.4. The van der Waals surface area contributed by atoms with Crippen LogP contribution in [0.3, 0.4) is 0 Å². The van der Waals surface area contributed by atoms with E-state index in [1.165, 1.54) is 6.33 Å². The number of methoxy groups -OCH3 is 1. The molecule has 1 aromatic carbocycles. The zero-order chi connectivity index (χ0) is 18.3. The molecule has 1 aromatic heterocycles. The molecule has 26 heavy (non-hydrogen) atoms. The Morgan fingerprint density at radius 3 is 2.65 bits per heavy atom. The highest BCUT2D eigenvalue weighted by Crippen LogP contribution is 2.21. The van der Waals surface area contributed by atoms with E-state index in [0.717, 1.165) is 22.9 Å². The normalized spacial score (nSPS) is 13.0. The molecule has 0 fully saturated rings. The Balaban J connectivity index is 0.00000338. The number of halogens is 1. The number of aromatic amines is 1. The number of hydrogen-bond donors (Lipinski definition) is 3. The highest BCUT2D eigenvalue weighted by molar-refractivity contribution is 14.0. The standard InChI is InChI=1S/C18H28N6O.HI/c1-18(2,3)15(25-5)11-21-17(19-4)20-10-13-7-6-8-14(9-13)16-22-12-23-24-16;/h6-9,12,15H,10-11H2,1-5H3,(H2,19,20,21)(H,22,23,24);1H. The Hall–Kier alpha value is -1.68. The highest BCUT2D eigenvalue weighted by Gasteiger charge is 2.24. The van der Waals surface area contributed by atoms with Gasteiger partial charge < -0.3 is 15.4 Å². The van der Waals surface area contributed by atoms with Crippen molar-refractivity contribution in [2.45, 2.75) is 33.4 Å². The van der Waals surface area contributed by atoms with E-state index in [2.05, 4.69) is 63.7 Å². The lowest BCUT2D eigenvalue weighted by Gasteiger charge is -2.30. The van der Waals surface area contributed by atoms with E-state index < -0.39 is 0 Å². The number of guanidine groups is 1. The first-order valence-electron chi connectivity index (χ1n) is 8.36. The number of benzene rings is 1. The van der Waals surface area contributed by atoms with Gasteiger partial charge in [-0.05, 0) is 17.0 Å². The molecule has 0 spiro atoms. The van der Waals surface area contributed by atoms with E-state index in [1.54, 1.807) is 14.2 Å². The first-order chi connectivity index (χ1) is 11.9. The zero-order valence-electron chi connectivity index (χ0n) is 16.0. The average molecular weight is 472 g/mol. The van der Waals surface area contributed by atoms with E-state index in [9.17, 15) is 0 Å². The Morgan fingerprint density at radius 2 is 2.08 bits per heavy atom. The maximum Gasteiger partial charge on any atom is 0.191 e. The minimum absolute atomic E-state index is 0. The van der Waals surface area contributed by atoms with Crippen LogP contribution >= 0.6 is 24.0 Å². The smallest absolute Gasteiger partial charge is 0.191 e. The summed E-state index contributed by atoms with van der Waals surface area (Å²) in [6, 6.07) is 8.15. The molecule has 144 valence electrons. The van der Waals surface area contributed by atoms with Gasteiger partial charge in [0, 0.05) is 32.8 Å². The molecule has 0 aliphatic heterocycles. The van der Waals surface area contributed by atoms with E-state index in [-0.39, 0.29) is 35.5 Å².